The molecule has 2 aromatic rings. The van der Waals surface area contributed by atoms with Gasteiger partial charge in [-0.15, -0.1) is 0 Å². The highest BCUT2D eigenvalue weighted by atomic mass is 16.5. The van der Waals surface area contributed by atoms with Crippen LogP contribution in [0, 0.1) is 0 Å². The number of amides is 1. The minimum Gasteiger partial charge on any atom is -0.504 e. The molecule has 0 spiro atoms. The van der Waals surface area contributed by atoms with Crippen molar-refractivity contribution in [3.63, 3.8) is 0 Å². The Kier molecular flexibility index (Phi) is 5.48. The summed E-state index contributed by atoms with van der Waals surface area (Å²) in [5.74, 6) is 0.130. The Morgan fingerprint density at radius 2 is 2.09 bits per heavy atom. The smallest absolute Gasteiger partial charge is 0.305 e. The molecule has 0 fully saturated rings. The minimum absolute atomic E-state index is 0.000201. The lowest BCUT2D eigenvalue weighted by Gasteiger charge is -2.06. The van der Waals surface area contributed by atoms with Gasteiger partial charge >= 0.3 is 5.91 Å². The first-order valence-electron chi connectivity index (χ1n) is 6.91. The number of carbonyl (C=O) groups excluding carboxylic acids is 1. The number of nitrogens with zero attached hydrogens (tertiary/aromatic N) is 2. The van der Waals surface area contributed by atoms with E-state index < -0.39 is 0 Å². The van der Waals surface area contributed by atoms with Gasteiger partial charge in [0.05, 0.1) is 12.8 Å². The van der Waals surface area contributed by atoms with Gasteiger partial charge in [0.25, 0.3) is 0 Å². The summed E-state index contributed by atoms with van der Waals surface area (Å²) in [4.78, 5) is 11.7. The molecule has 114 valence electrons. The van der Waals surface area contributed by atoms with Gasteiger partial charge in [0.1, 0.15) is 0 Å². The van der Waals surface area contributed by atoms with Crippen LogP contribution in [0.25, 0.3) is 0 Å². The van der Waals surface area contributed by atoms with Crippen molar-refractivity contribution in [3.8, 4) is 11.5 Å². The molecule has 0 atom stereocenters. The predicted molar refractivity (Wildman–Crippen MR) is 81.6 cm³/mol. The van der Waals surface area contributed by atoms with E-state index in [-0.39, 0.29) is 18.2 Å². The van der Waals surface area contributed by atoms with Crippen LogP contribution in [0.3, 0.4) is 0 Å². The van der Waals surface area contributed by atoms with Gasteiger partial charge in [0.2, 0.25) is 6.54 Å². The maximum Gasteiger partial charge on any atom is 0.305 e. The summed E-state index contributed by atoms with van der Waals surface area (Å²) in [7, 11) is 0. The van der Waals surface area contributed by atoms with E-state index in [1.54, 1.807) is 35.2 Å². The number of rotatable bonds is 6. The van der Waals surface area contributed by atoms with Gasteiger partial charge in [-0.1, -0.05) is 12.1 Å². The second kappa shape index (κ2) is 7.78. The van der Waals surface area contributed by atoms with Crippen LogP contribution in [-0.2, 0) is 11.3 Å². The van der Waals surface area contributed by atoms with E-state index >= 15 is 0 Å². The molecule has 0 aliphatic rings. The fraction of sp³-hybridized carbons (Fsp3) is 0.188. The maximum absolute atomic E-state index is 11.7. The number of benzene rings is 1. The lowest BCUT2D eigenvalue weighted by Crippen LogP contribution is -2.40. The van der Waals surface area contributed by atoms with Crippen molar-refractivity contribution >= 4 is 12.1 Å². The second-order valence-electron chi connectivity index (χ2n) is 4.47. The molecule has 1 aromatic carbocycles. The Morgan fingerprint density at radius 1 is 1.32 bits per heavy atom. The first-order chi connectivity index (χ1) is 10.7. The highest BCUT2D eigenvalue weighted by molar-refractivity contribution is 5.86. The molecule has 0 aliphatic heterocycles. The Bertz CT molecular complexity index is 657. The molecule has 2 rings (SSSR count). The number of aromatic nitrogens is 1. The third-order valence-corrected chi connectivity index (χ3v) is 2.83. The Labute approximate surface area is 128 Å². The molecular weight excluding hydrogens is 282 g/mol. The normalized spacial score (nSPS) is 10.6. The molecule has 0 unspecified atom stereocenters. The number of phenolic OH excluding ortho intramolecular Hbond substituents is 1. The van der Waals surface area contributed by atoms with Crippen LogP contribution in [0.2, 0.25) is 0 Å². The summed E-state index contributed by atoms with van der Waals surface area (Å²) in [6.45, 7) is 2.46. The summed E-state index contributed by atoms with van der Waals surface area (Å²) in [6.07, 6.45) is 4.97. The third-order valence-electron chi connectivity index (χ3n) is 2.83. The highest BCUT2D eigenvalue weighted by Gasteiger charge is 2.08. The van der Waals surface area contributed by atoms with Crippen molar-refractivity contribution in [1.29, 1.82) is 0 Å². The van der Waals surface area contributed by atoms with E-state index in [0.29, 0.717) is 17.9 Å². The fourth-order valence-corrected chi connectivity index (χ4v) is 1.83. The largest absolute Gasteiger partial charge is 0.504 e. The average molecular weight is 300 g/mol. The molecule has 6 heteroatoms. The molecule has 6 nitrogen and oxygen atoms in total. The summed E-state index contributed by atoms with van der Waals surface area (Å²) in [5.41, 5.74) is 2.89. The molecule has 0 saturated heterocycles. The zero-order valence-electron chi connectivity index (χ0n) is 12.3. The third kappa shape index (κ3) is 4.31. The van der Waals surface area contributed by atoms with Gasteiger partial charge in [-0.05, 0) is 19.1 Å². The average Bonchev–Trinajstić information content (AvgIpc) is 2.52. The Balaban J connectivity index is 1.95. The molecular formula is C16H18N3O3+. The summed E-state index contributed by atoms with van der Waals surface area (Å²) in [6, 6.07) is 10.6. The van der Waals surface area contributed by atoms with Gasteiger partial charge < -0.3 is 9.84 Å². The zero-order chi connectivity index (χ0) is 15.8. The summed E-state index contributed by atoms with van der Waals surface area (Å²) < 4.78 is 7.02. The molecule has 0 aliphatic carbocycles. The molecule has 2 N–H and O–H groups in total. The van der Waals surface area contributed by atoms with Crippen LogP contribution in [0.5, 0.6) is 11.5 Å². The number of carbonyl (C=O) groups is 1. The minimum atomic E-state index is -0.257. The van der Waals surface area contributed by atoms with Crippen molar-refractivity contribution < 1.29 is 19.2 Å². The number of hydrogen-bond acceptors (Lipinski definition) is 4. The number of hydrogen-bond donors (Lipinski definition) is 2. The first kappa shape index (κ1) is 15.5. The van der Waals surface area contributed by atoms with Gasteiger partial charge in [-0.25, -0.2) is 5.43 Å². The van der Waals surface area contributed by atoms with Gasteiger partial charge in [0.15, 0.2) is 23.9 Å². The first-order valence-corrected chi connectivity index (χ1v) is 6.91. The topological polar surface area (TPSA) is 74.8 Å². The molecule has 1 heterocycles. The van der Waals surface area contributed by atoms with Gasteiger partial charge in [-0.2, -0.15) is 9.67 Å². The molecule has 0 saturated carbocycles. The van der Waals surface area contributed by atoms with Crippen LogP contribution in [-0.4, -0.2) is 23.8 Å². The number of phenols is 1. The van der Waals surface area contributed by atoms with Crippen molar-refractivity contribution in [3.05, 3.63) is 54.4 Å². The van der Waals surface area contributed by atoms with E-state index in [4.69, 9.17) is 4.74 Å². The quantitative estimate of drug-likeness (QED) is 0.479. The van der Waals surface area contributed by atoms with Crippen LogP contribution in [0.4, 0.5) is 0 Å². The van der Waals surface area contributed by atoms with Crippen LogP contribution in [0.15, 0.2) is 53.9 Å². The molecule has 0 bridgehead atoms. The standard InChI is InChI=1S/C16H17N3O3/c1-2-22-14-8-6-7-13(16(14)21)11-17-18-15(20)12-19-9-4-3-5-10-19/h3-11H,2,12H2,1H3,(H-,17,18,20,21)/p+1. The Hall–Kier alpha value is -2.89. The fourth-order valence-electron chi connectivity index (χ4n) is 1.83. The lowest BCUT2D eigenvalue weighted by molar-refractivity contribution is -0.684. The van der Waals surface area contributed by atoms with E-state index in [2.05, 4.69) is 10.5 Å². The van der Waals surface area contributed by atoms with E-state index in [1.165, 1.54) is 6.21 Å². The van der Waals surface area contributed by atoms with Gasteiger partial charge in [-0.3, -0.25) is 4.79 Å². The number of ether oxygens (including phenoxy) is 1. The number of nitrogens with one attached hydrogen (secondary N) is 1. The van der Waals surface area contributed by atoms with Crippen molar-refractivity contribution in [2.75, 3.05) is 6.61 Å². The zero-order valence-corrected chi connectivity index (χ0v) is 12.3. The maximum atomic E-state index is 11.7. The van der Waals surface area contributed by atoms with E-state index in [9.17, 15) is 9.90 Å². The van der Waals surface area contributed by atoms with E-state index in [0.717, 1.165) is 0 Å². The lowest BCUT2D eigenvalue weighted by atomic mass is 10.2. The number of para-hydroxylation sites is 1. The Morgan fingerprint density at radius 3 is 2.82 bits per heavy atom. The van der Waals surface area contributed by atoms with Crippen molar-refractivity contribution in [2.45, 2.75) is 13.5 Å². The van der Waals surface area contributed by atoms with Crippen LogP contribution in [0.1, 0.15) is 12.5 Å². The highest BCUT2D eigenvalue weighted by Crippen LogP contribution is 2.28. The molecule has 0 radical (unpaired) electrons. The summed E-state index contributed by atoms with van der Waals surface area (Å²) in [5, 5.41) is 13.8. The number of pyridine rings is 1. The molecule has 1 aromatic heterocycles. The van der Waals surface area contributed by atoms with Crippen molar-refractivity contribution in [2.24, 2.45) is 5.10 Å². The van der Waals surface area contributed by atoms with Gasteiger partial charge in [0, 0.05) is 17.7 Å². The molecule has 22 heavy (non-hydrogen) atoms. The van der Waals surface area contributed by atoms with Crippen molar-refractivity contribution in [1.82, 2.24) is 5.43 Å². The monoisotopic (exact) mass is 300 g/mol. The number of aromatic hydroxyl groups is 1. The SMILES string of the molecule is CCOc1cccc(/C=N/NC(=O)C[n+]2ccccc2)c1O. The summed E-state index contributed by atoms with van der Waals surface area (Å²) >= 11 is 0. The molecule has 1 amide bonds. The predicted octanol–water partition coefficient (Wildman–Crippen LogP) is 1.23. The van der Waals surface area contributed by atoms with Crippen LogP contribution >= 0.6 is 0 Å². The second-order valence-corrected chi connectivity index (χ2v) is 4.47. The van der Waals surface area contributed by atoms with E-state index in [1.807, 2.05) is 25.1 Å². The number of hydrazone groups is 1. The van der Waals surface area contributed by atoms with Crippen LogP contribution < -0.4 is 14.7 Å².